The van der Waals surface area contributed by atoms with Gasteiger partial charge in [0.05, 0.1) is 25.3 Å². The number of ketones is 1. The van der Waals surface area contributed by atoms with Crippen LogP contribution in [0.5, 0.6) is 0 Å². The summed E-state index contributed by atoms with van der Waals surface area (Å²) in [5, 5.41) is 17.8. The molecule has 2 aliphatic rings. The zero-order valence-electron chi connectivity index (χ0n) is 15.2. The summed E-state index contributed by atoms with van der Waals surface area (Å²) in [6.07, 6.45) is 0.0880. The van der Waals surface area contributed by atoms with Gasteiger partial charge >= 0.3 is 0 Å². The van der Waals surface area contributed by atoms with E-state index in [2.05, 4.69) is 16.0 Å². The van der Waals surface area contributed by atoms with Gasteiger partial charge in [0.15, 0.2) is 5.78 Å². The number of benzene rings is 1. The Morgan fingerprint density at radius 2 is 2.04 bits per heavy atom. The lowest BCUT2D eigenvalue weighted by atomic mass is 9.95. The third-order valence-corrected chi connectivity index (χ3v) is 4.93. The highest BCUT2D eigenvalue weighted by atomic mass is 16.6. The number of amides is 2. The van der Waals surface area contributed by atoms with Crippen molar-refractivity contribution < 1.29 is 24.2 Å². The van der Waals surface area contributed by atoms with Crippen LogP contribution < -0.4 is 16.0 Å². The van der Waals surface area contributed by atoms with Crippen molar-refractivity contribution in [2.24, 2.45) is 0 Å². The molecule has 146 valence electrons. The summed E-state index contributed by atoms with van der Waals surface area (Å²) < 4.78 is 5.23. The minimum atomic E-state index is -0.853. The largest absolute Gasteiger partial charge is 0.391 e. The molecule has 8 nitrogen and oxygen atoms in total. The van der Waals surface area contributed by atoms with E-state index in [9.17, 15) is 19.5 Å². The quantitative estimate of drug-likeness (QED) is 0.429. The second kappa shape index (κ2) is 8.16. The van der Waals surface area contributed by atoms with Crippen molar-refractivity contribution in [2.75, 3.05) is 19.7 Å². The van der Waals surface area contributed by atoms with Crippen LogP contribution in [0.25, 0.3) is 0 Å². The fourth-order valence-corrected chi connectivity index (χ4v) is 3.16. The van der Waals surface area contributed by atoms with Crippen LogP contribution in [0.3, 0.4) is 0 Å². The lowest BCUT2D eigenvalue weighted by Gasteiger charge is -2.20. The monoisotopic (exact) mass is 375 g/mol. The topological polar surface area (TPSA) is 120 Å². The van der Waals surface area contributed by atoms with Crippen molar-refractivity contribution in [3.05, 3.63) is 35.9 Å². The summed E-state index contributed by atoms with van der Waals surface area (Å²) >= 11 is 0. The number of ether oxygens (including phenoxy) is 1. The zero-order chi connectivity index (χ0) is 19.4. The van der Waals surface area contributed by atoms with Gasteiger partial charge in [-0.15, -0.1) is 0 Å². The Morgan fingerprint density at radius 3 is 2.63 bits per heavy atom. The highest BCUT2D eigenvalue weighted by Gasteiger charge is 2.50. The van der Waals surface area contributed by atoms with Gasteiger partial charge in [-0.05, 0) is 31.9 Å². The molecule has 3 rings (SSSR count). The molecule has 2 amide bonds. The zero-order valence-corrected chi connectivity index (χ0v) is 15.2. The van der Waals surface area contributed by atoms with E-state index in [0.717, 1.165) is 5.56 Å². The first-order valence-electron chi connectivity index (χ1n) is 9.10. The number of nitrogens with one attached hydrogen (secondary N) is 3. The number of carbonyl (C=O) groups is 3. The molecule has 1 aromatic rings. The molecule has 4 unspecified atom stereocenters. The molecular weight excluding hydrogens is 350 g/mol. The van der Waals surface area contributed by atoms with E-state index in [1.807, 2.05) is 30.3 Å². The molecule has 1 aromatic carbocycles. The molecule has 4 N–H and O–H groups in total. The number of Topliss-reactive ketones (excluding diaryl/α,β-unsaturated/α-hetero) is 1. The highest BCUT2D eigenvalue weighted by Crippen LogP contribution is 2.29. The van der Waals surface area contributed by atoms with Gasteiger partial charge in [-0.1, -0.05) is 30.3 Å². The summed E-state index contributed by atoms with van der Waals surface area (Å²) in [7, 11) is 0. The second-order valence-electron chi connectivity index (χ2n) is 7.20. The SMILES string of the molecule is CC1(C(=O)C(Cc2ccccc2)NC(=O)CNC(=O)C2NCCC2O)CO1. The van der Waals surface area contributed by atoms with Crippen LogP contribution >= 0.6 is 0 Å². The van der Waals surface area contributed by atoms with Gasteiger partial charge in [-0.25, -0.2) is 0 Å². The fourth-order valence-electron chi connectivity index (χ4n) is 3.16. The Balaban J connectivity index is 1.57. The number of rotatable bonds is 8. The molecule has 0 aromatic heterocycles. The van der Waals surface area contributed by atoms with Gasteiger partial charge < -0.3 is 25.8 Å². The molecular formula is C19H25N3O5. The normalized spacial score (nSPS) is 27.6. The van der Waals surface area contributed by atoms with Crippen LogP contribution in [0.2, 0.25) is 0 Å². The van der Waals surface area contributed by atoms with E-state index in [4.69, 9.17) is 4.74 Å². The van der Waals surface area contributed by atoms with E-state index in [-0.39, 0.29) is 12.3 Å². The first-order chi connectivity index (χ1) is 12.9. The number of aliphatic hydroxyl groups is 1. The summed E-state index contributed by atoms with van der Waals surface area (Å²) in [6, 6.07) is 7.94. The lowest BCUT2D eigenvalue weighted by Crippen LogP contribution is -2.52. The Labute approximate surface area is 157 Å². The Bertz CT molecular complexity index is 705. The van der Waals surface area contributed by atoms with Crippen molar-refractivity contribution in [2.45, 2.75) is 43.6 Å². The first-order valence-corrected chi connectivity index (χ1v) is 9.10. The second-order valence-corrected chi connectivity index (χ2v) is 7.20. The van der Waals surface area contributed by atoms with Crippen LogP contribution in [0.4, 0.5) is 0 Å². The molecule has 0 radical (unpaired) electrons. The van der Waals surface area contributed by atoms with E-state index >= 15 is 0 Å². The number of aliphatic hydroxyl groups excluding tert-OH is 1. The average molecular weight is 375 g/mol. The number of hydrogen-bond donors (Lipinski definition) is 4. The number of hydrogen-bond acceptors (Lipinski definition) is 6. The third kappa shape index (κ3) is 4.91. The van der Waals surface area contributed by atoms with Crippen molar-refractivity contribution in [3.63, 3.8) is 0 Å². The molecule has 2 fully saturated rings. The van der Waals surface area contributed by atoms with Crippen molar-refractivity contribution in [3.8, 4) is 0 Å². The van der Waals surface area contributed by atoms with Crippen molar-refractivity contribution >= 4 is 17.6 Å². The molecule has 4 atom stereocenters. The summed E-state index contributed by atoms with van der Waals surface area (Å²) in [6.45, 7) is 2.33. The Kier molecular flexibility index (Phi) is 5.88. The molecule has 0 bridgehead atoms. The fraction of sp³-hybridized carbons (Fsp3) is 0.526. The number of epoxide rings is 1. The maximum Gasteiger partial charge on any atom is 0.240 e. The van der Waals surface area contributed by atoms with Crippen LogP contribution in [-0.2, 0) is 25.5 Å². The standard InChI is InChI=1S/C19H25N3O5/c1-19(11-27-19)17(25)13(9-12-5-3-2-4-6-12)22-15(24)10-21-18(26)16-14(23)7-8-20-16/h2-6,13-14,16,20,23H,7-11H2,1H3,(H,21,26)(H,22,24). The van der Waals surface area contributed by atoms with Crippen LogP contribution in [-0.4, -0.2) is 66.2 Å². The summed E-state index contributed by atoms with van der Waals surface area (Å²) in [5.74, 6) is -1.08. The minimum Gasteiger partial charge on any atom is -0.391 e. The van der Waals surface area contributed by atoms with Crippen molar-refractivity contribution in [1.29, 1.82) is 0 Å². The van der Waals surface area contributed by atoms with Gasteiger partial charge in [0, 0.05) is 0 Å². The average Bonchev–Trinajstić information content (AvgIpc) is 3.27. The molecule has 2 saturated heterocycles. The van der Waals surface area contributed by atoms with E-state index in [0.29, 0.717) is 26.0 Å². The van der Waals surface area contributed by atoms with Crippen LogP contribution in [0.1, 0.15) is 18.9 Å². The highest BCUT2D eigenvalue weighted by molar-refractivity contribution is 5.97. The summed E-state index contributed by atoms with van der Waals surface area (Å²) in [4.78, 5) is 37.0. The van der Waals surface area contributed by atoms with Crippen LogP contribution in [0.15, 0.2) is 30.3 Å². The maximum absolute atomic E-state index is 12.7. The van der Waals surface area contributed by atoms with Crippen LogP contribution in [0, 0.1) is 0 Å². The maximum atomic E-state index is 12.7. The Hall–Kier alpha value is -2.29. The first kappa shape index (κ1) is 19.5. The van der Waals surface area contributed by atoms with E-state index in [1.165, 1.54) is 0 Å². The van der Waals surface area contributed by atoms with Gasteiger partial charge in [-0.3, -0.25) is 14.4 Å². The molecule has 0 spiro atoms. The minimum absolute atomic E-state index is 0.182. The number of carbonyl (C=O) groups excluding carboxylic acids is 3. The van der Waals surface area contributed by atoms with Gasteiger partial charge in [0.25, 0.3) is 0 Å². The lowest BCUT2D eigenvalue weighted by molar-refractivity contribution is -0.131. The molecule has 2 heterocycles. The Morgan fingerprint density at radius 1 is 1.33 bits per heavy atom. The predicted octanol–water partition coefficient (Wildman–Crippen LogP) is -1.09. The molecule has 8 heteroatoms. The smallest absolute Gasteiger partial charge is 0.240 e. The third-order valence-electron chi connectivity index (χ3n) is 4.93. The molecule has 0 aliphatic carbocycles. The predicted molar refractivity (Wildman–Crippen MR) is 96.9 cm³/mol. The van der Waals surface area contributed by atoms with Gasteiger partial charge in [0.2, 0.25) is 11.8 Å². The van der Waals surface area contributed by atoms with Gasteiger partial charge in [-0.2, -0.15) is 0 Å². The van der Waals surface area contributed by atoms with E-state index < -0.39 is 35.6 Å². The molecule has 0 saturated carbocycles. The van der Waals surface area contributed by atoms with Gasteiger partial charge in [0.1, 0.15) is 11.6 Å². The summed E-state index contributed by atoms with van der Waals surface area (Å²) in [5.41, 5.74) is 0.0659. The molecule has 27 heavy (non-hydrogen) atoms. The van der Waals surface area contributed by atoms with Crippen molar-refractivity contribution in [1.82, 2.24) is 16.0 Å². The molecule has 2 aliphatic heterocycles. The van der Waals surface area contributed by atoms with E-state index in [1.54, 1.807) is 6.92 Å².